The van der Waals surface area contributed by atoms with Gasteiger partial charge in [0.15, 0.2) is 11.6 Å². The summed E-state index contributed by atoms with van der Waals surface area (Å²) in [6.45, 7) is 0. The third-order valence-electron chi connectivity index (χ3n) is 3.75. The minimum Gasteiger partial charge on any atom is -0.493 e. The van der Waals surface area contributed by atoms with Crippen LogP contribution >= 0.6 is 23.2 Å². The van der Waals surface area contributed by atoms with Crippen LogP contribution in [0.15, 0.2) is 60.8 Å². The van der Waals surface area contributed by atoms with Crippen LogP contribution in [0.1, 0.15) is 20.7 Å². The second-order valence-corrected chi connectivity index (χ2v) is 6.57. The third kappa shape index (κ3) is 4.79. The van der Waals surface area contributed by atoms with Gasteiger partial charge in [-0.3, -0.25) is 9.59 Å². The number of carbonyl (C=O) groups excluding carboxylic acids is 2. The number of aromatic nitrogens is 1. The number of ether oxygens (including phenoxy) is 1. The van der Waals surface area contributed by atoms with Crippen molar-refractivity contribution in [3.05, 3.63) is 82.0 Å². The van der Waals surface area contributed by atoms with Crippen molar-refractivity contribution in [2.45, 2.75) is 0 Å². The summed E-state index contributed by atoms with van der Waals surface area (Å²) in [4.78, 5) is 28.8. The minimum absolute atomic E-state index is 0.324. The molecule has 0 radical (unpaired) electrons. The zero-order valence-electron chi connectivity index (χ0n) is 14.7. The molecule has 1 aromatic heterocycles. The van der Waals surface area contributed by atoms with Crippen LogP contribution < -0.4 is 15.4 Å². The number of carbonyl (C=O) groups is 2. The summed E-state index contributed by atoms with van der Waals surface area (Å²) in [7, 11) is 1.50. The molecule has 0 spiro atoms. The number of hydrogen-bond donors (Lipinski definition) is 2. The fourth-order valence-corrected chi connectivity index (χ4v) is 2.95. The van der Waals surface area contributed by atoms with Crippen molar-refractivity contribution in [1.29, 1.82) is 0 Å². The van der Waals surface area contributed by atoms with E-state index in [9.17, 15) is 9.59 Å². The first-order valence-corrected chi connectivity index (χ1v) is 8.90. The highest BCUT2D eigenvalue weighted by atomic mass is 35.5. The Morgan fingerprint density at radius 2 is 1.54 bits per heavy atom. The summed E-state index contributed by atoms with van der Waals surface area (Å²) in [5, 5.41) is 6.15. The molecule has 0 fully saturated rings. The Hall–Kier alpha value is -3.09. The zero-order chi connectivity index (χ0) is 20.1. The van der Waals surface area contributed by atoms with E-state index in [0.29, 0.717) is 38.4 Å². The molecule has 0 bridgehead atoms. The summed E-state index contributed by atoms with van der Waals surface area (Å²) in [5.74, 6) is 0.0708. The lowest BCUT2D eigenvalue weighted by molar-refractivity contribution is 0.101. The summed E-state index contributed by atoms with van der Waals surface area (Å²) in [6, 6.07) is 14.4. The van der Waals surface area contributed by atoms with Crippen molar-refractivity contribution in [2.24, 2.45) is 0 Å². The lowest BCUT2D eigenvalue weighted by Gasteiger charge is -2.10. The molecule has 3 rings (SSSR count). The molecule has 8 heteroatoms. The molecule has 2 N–H and O–H groups in total. The Balaban J connectivity index is 1.69. The largest absolute Gasteiger partial charge is 0.493 e. The number of benzene rings is 2. The molecule has 2 aromatic carbocycles. The second kappa shape index (κ2) is 8.73. The highest BCUT2D eigenvalue weighted by molar-refractivity contribution is 6.35. The van der Waals surface area contributed by atoms with Crippen LogP contribution in [0.25, 0.3) is 0 Å². The number of methoxy groups -OCH3 is 1. The molecule has 142 valence electrons. The SMILES string of the molecule is COc1cccnc1NC(=O)c1ccc(NC(=O)c2cc(Cl)cc(Cl)c2)cc1. The lowest BCUT2D eigenvalue weighted by atomic mass is 10.1. The molecular formula is C20H15Cl2N3O3. The van der Waals surface area contributed by atoms with E-state index >= 15 is 0 Å². The number of rotatable bonds is 5. The first-order valence-electron chi connectivity index (χ1n) is 8.14. The Morgan fingerprint density at radius 1 is 0.893 bits per heavy atom. The lowest BCUT2D eigenvalue weighted by Crippen LogP contribution is -2.14. The summed E-state index contributed by atoms with van der Waals surface area (Å²) in [6.07, 6.45) is 1.55. The van der Waals surface area contributed by atoms with Crippen LogP contribution in [0.5, 0.6) is 5.75 Å². The quantitative estimate of drug-likeness (QED) is 0.620. The van der Waals surface area contributed by atoms with Gasteiger partial charge in [0.05, 0.1) is 7.11 Å². The van der Waals surface area contributed by atoms with Gasteiger partial charge >= 0.3 is 0 Å². The Labute approximate surface area is 171 Å². The van der Waals surface area contributed by atoms with Crippen LogP contribution in [-0.2, 0) is 0 Å². The van der Waals surface area contributed by atoms with Gasteiger partial charge in [-0.2, -0.15) is 0 Å². The number of pyridine rings is 1. The average Bonchev–Trinajstić information content (AvgIpc) is 2.68. The van der Waals surface area contributed by atoms with Crippen molar-refractivity contribution in [2.75, 3.05) is 17.7 Å². The van der Waals surface area contributed by atoms with E-state index in [1.54, 1.807) is 48.7 Å². The molecule has 0 saturated heterocycles. The molecule has 0 aliphatic heterocycles. The van der Waals surface area contributed by atoms with Gasteiger partial charge in [0.2, 0.25) is 0 Å². The van der Waals surface area contributed by atoms with Crippen LogP contribution in [0.4, 0.5) is 11.5 Å². The third-order valence-corrected chi connectivity index (χ3v) is 4.19. The van der Waals surface area contributed by atoms with Crippen molar-refractivity contribution in [3.8, 4) is 5.75 Å². The second-order valence-electron chi connectivity index (χ2n) is 5.70. The fourth-order valence-electron chi connectivity index (χ4n) is 2.42. The first-order chi connectivity index (χ1) is 13.5. The van der Waals surface area contributed by atoms with Gasteiger partial charge in [-0.1, -0.05) is 23.2 Å². The molecular weight excluding hydrogens is 401 g/mol. The number of anilines is 2. The topological polar surface area (TPSA) is 80.3 Å². The van der Waals surface area contributed by atoms with E-state index in [0.717, 1.165) is 0 Å². The number of halogens is 2. The fraction of sp³-hybridized carbons (Fsp3) is 0.0500. The molecule has 2 amide bonds. The number of nitrogens with zero attached hydrogens (tertiary/aromatic N) is 1. The molecule has 0 atom stereocenters. The van der Waals surface area contributed by atoms with E-state index in [1.165, 1.54) is 19.2 Å². The van der Waals surface area contributed by atoms with Crippen molar-refractivity contribution >= 4 is 46.5 Å². The predicted octanol–water partition coefficient (Wildman–Crippen LogP) is 4.90. The van der Waals surface area contributed by atoms with Crippen LogP contribution in [-0.4, -0.2) is 23.9 Å². The van der Waals surface area contributed by atoms with Gasteiger partial charge in [0, 0.05) is 33.1 Å². The number of nitrogens with one attached hydrogen (secondary N) is 2. The summed E-state index contributed by atoms with van der Waals surface area (Å²) in [5.41, 5.74) is 1.26. The molecule has 1 heterocycles. The van der Waals surface area contributed by atoms with Crippen LogP contribution in [0, 0.1) is 0 Å². The van der Waals surface area contributed by atoms with Crippen LogP contribution in [0.2, 0.25) is 10.0 Å². The molecule has 0 aliphatic rings. The standard InChI is InChI=1S/C20H15Cl2N3O3/c1-28-17-3-2-8-23-18(17)25-19(26)12-4-6-16(7-5-12)24-20(27)13-9-14(21)11-15(22)10-13/h2-11H,1H3,(H,24,27)(H,23,25,26). The highest BCUT2D eigenvalue weighted by Crippen LogP contribution is 2.22. The molecule has 6 nitrogen and oxygen atoms in total. The smallest absolute Gasteiger partial charge is 0.256 e. The van der Waals surface area contributed by atoms with Gasteiger partial charge in [-0.25, -0.2) is 4.98 Å². The molecule has 28 heavy (non-hydrogen) atoms. The van der Waals surface area contributed by atoms with E-state index in [4.69, 9.17) is 27.9 Å². The first kappa shape index (κ1) is 19.7. The maximum atomic E-state index is 12.4. The molecule has 3 aromatic rings. The van der Waals surface area contributed by atoms with E-state index < -0.39 is 0 Å². The monoisotopic (exact) mass is 415 g/mol. The number of amides is 2. The predicted molar refractivity (Wildman–Crippen MR) is 110 cm³/mol. The van der Waals surface area contributed by atoms with Gasteiger partial charge < -0.3 is 15.4 Å². The van der Waals surface area contributed by atoms with Gasteiger partial charge in [0.1, 0.15) is 0 Å². The Kier molecular flexibility index (Phi) is 6.13. The highest BCUT2D eigenvalue weighted by Gasteiger charge is 2.12. The van der Waals surface area contributed by atoms with Gasteiger partial charge in [-0.05, 0) is 54.6 Å². The summed E-state index contributed by atoms with van der Waals surface area (Å²) >= 11 is 11.8. The Bertz CT molecular complexity index is 1000. The van der Waals surface area contributed by atoms with Gasteiger partial charge in [-0.15, -0.1) is 0 Å². The Morgan fingerprint density at radius 3 is 2.18 bits per heavy atom. The van der Waals surface area contributed by atoms with E-state index in [2.05, 4.69) is 15.6 Å². The molecule has 0 aliphatic carbocycles. The van der Waals surface area contributed by atoms with Crippen molar-refractivity contribution < 1.29 is 14.3 Å². The summed E-state index contributed by atoms with van der Waals surface area (Å²) < 4.78 is 5.16. The van der Waals surface area contributed by atoms with Gasteiger partial charge in [0.25, 0.3) is 11.8 Å². The van der Waals surface area contributed by atoms with E-state index in [1.807, 2.05) is 0 Å². The minimum atomic E-state index is -0.361. The maximum Gasteiger partial charge on any atom is 0.256 e. The normalized spacial score (nSPS) is 10.2. The number of hydrogen-bond acceptors (Lipinski definition) is 4. The van der Waals surface area contributed by atoms with Crippen molar-refractivity contribution in [1.82, 2.24) is 4.98 Å². The average molecular weight is 416 g/mol. The van der Waals surface area contributed by atoms with E-state index in [-0.39, 0.29) is 11.8 Å². The van der Waals surface area contributed by atoms with Crippen molar-refractivity contribution in [3.63, 3.8) is 0 Å². The molecule has 0 saturated carbocycles. The zero-order valence-corrected chi connectivity index (χ0v) is 16.2. The molecule has 0 unspecified atom stereocenters. The van der Waals surface area contributed by atoms with Crippen LogP contribution in [0.3, 0.4) is 0 Å². The maximum absolute atomic E-state index is 12.4.